The second kappa shape index (κ2) is 2.98. The van der Waals surface area contributed by atoms with Crippen LogP contribution in [-0.4, -0.2) is 9.97 Å². The third-order valence-corrected chi connectivity index (χ3v) is 1.56. The van der Waals surface area contributed by atoms with Crippen LogP contribution < -0.4 is 11.3 Å². The Morgan fingerprint density at radius 2 is 2.36 bits per heavy atom. The van der Waals surface area contributed by atoms with Gasteiger partial charge in [-0.15, -0.1) is 0 Å². The summed E-state index contributed by atoms with van der Waals surface area (Å²) in [5, 5.41) is 0. The normalized spacial score (nSPS) is 12.9. The van der Waals surface area contributed by atoms with Gasteiger partial charge in [-0.1, -0.05) is 0 Å². The zero-order valence-corrected chi connectivity index (χ0v) is 6.87. The van der Waals surface area contributed by atoms with E-state index < -0.39 is 0 Å². The molecule has 0 aromatic carbocycles. The van der Waals surface area contributed by atoms with E-state index in [1.54, 1.807) is 6.92 Å². The average molecular weight is 171 g/mol. The smallest absolute Gasteiger partial charge is 0.256 e. The number of rotatable bonds is 1. The van der Waals surface area contributed by atoms with Crippen molar-refractivity contribution in [2.24, 2.45) is 5.73 Å². The molecule has 0 saturated heterocycles. The van der Waals surface area contributed by atoms with Gasteiger partial charge in [0.1, 0.15) is 0 Å². The molecule has 60 valence electrons. The van der Waals surface area contributed by atoms with Gasteiger partial charge in [-0.3, -0.25) is 9.78 Å². The molecule has 4 nitrogen and oxygen atoms in total. The summed E-state index contributed by atoms with van der Waals surface area (Å²) in [6.07, 6.45) is 1.53. The van der Waals surface area contributed by atoms with E-state index in [4.69, 9.17) is 18.0 Å². The minimum absolute atomic E-state index is 0.219. The van der Waals surface area contributed by atoms with Gasteiger partial charge >= 0.3 is 0 Å². The van der Waals surface area contributed by atoms with Gasteiger partial charge < -0.3 is 10.7 Å². The zero-order valence-electron chi connectivity index (χ0n) is 6.05. The highest BCUT2D eigenvalue weighted by Crippen LogP contribution is 1.98. The second-order valence-electron chi connectivity index (χ2n) is 2.32. The number of hydrogen-bond donors (Lipinski definition) is 3. The Labute approximate surface area is 68.5 Å². The van der Waals surface area contributed by atoms with E-state index >= 15 is 0 Å². The predicted octanol–water partition coefficient (Wildman–Crippen LogP) is 0.452. The molecule has 1 aromatic heterocycles. The fourth-order valence-electron chi connectivity index (χ4n) is 0.758. The summed E-state index contributed by atoms with van der Waals surface area (Å²) in [7, 11) is 0. The molecule has 1 unspecified atom stereocenters. The highest BCUT2D eigenvalue weighted by Gasteiger charge is 2.02. The van der Waals surface area contributed by atoms with Crippen molar-refractivity contribution in [1.82, 2.24) is 9.97 Å². The maximum Gasteiger partial charge on any atom is 0.256 e. The number of H-pyrrole nitrogens is 2. The number of aromatic nitrogens is 2. The largest absolute Gasteiger partial charge is 0.338 e. The van der Waals surface area contributed by atoms with Crippen molar-refractivity contribution in [3.05, 3.63) is 26.9 Å². The molecule has 4 N–H and O–H groups in total. The van der Waals surface area contributed by atoms with E-state index in [2.05, 4.69) is 9.97 Å². The van der Waals surface area contributed by atoms with Crippen LogP contribution in [0.4, 0.5) is 0 Å². The zero-order chi connectivity index (χ0) is 8.43. The number of hydrogen-bond acceptors (Lipinski definition) is 3. The quantitative estimate of drug-likeness (QED) is 0.537. The van der Waals surface area contributed by atoms with E-state index in [1.807, 2.05) is 0 Å². The fourth-order valence-corrected chi connectivity index (χ4v) is 0.910. The highest BCUT2D eigenvalue weighted by molar-refractivity contribution is 7.71. The maximum absolute atomic E-state index is 11.1. The molecule has 0 fully saturated rings. The van der Waals surface area contributed by atoms with Gasteiger partial charge in [-0.05, 0) is 19.1 Å². The Balaban J connectivity index is 3.32. The Morgan fingerprint density at radius 1 is 1.73 bits per heavy atom. The maximum atomic E-state index is 11.1. The van der Waals surface area contributed by atoms with E-state index in [1.165, 1.54) is 6.20 Å². The van der Waals surface area contributed by atoms with Crippen molar-refractivity contribution >= 4 is 12.2 Å². The summed E-state index contributed by atoms with van der Waals surface area (Å²) in [6.45, 7) is 1.74. The van der Waals surface area contributed by atoms with Crippen LogP contribution in [0.25, 0.3) is 0 Å². The molecule has 1 atom stereocenters. The van der Waals surface area contributed by atoms with Crippen LogP contribution in [0.15, 0.2) is 11.0 Å². The van der Waals surface area contributed by atoms with Crippen LogP contribution >= 0.6 is 12.2 Å². The molecule has 1 heterocycles. The van der Waals surface area contributed by atoms with Gasteiger partial charge in [0.15, 0.2) is 4.77 Å². The van der Waals surface area contributed by atoms with Gasteiger partial charge in [-0.25, -0.2) is 0 Å². The van der Waals surface area contributed by atoms with Crippen molar-refractivity contribution in [3.8, 4) is 0 Å². The third kappa shape index (κ3) is 1.75. The first kappa shape index (κ1) is 8.16. The summed E-state index contributed by atoms with van der Waals surface area (Å²) >= 11 is 4.69. The summed E-state index contributed by atoms with van der Waals surface area (Å²) in [6, 6.07) is -0.273. The second-order valence-corrected chi connectivity index (χ2v) is 2.72. The summed E-state index contributed by atoms with van der Waals surface area (Å²) in [5.41, 5.74) is 5.78. The number of nitrogens with two attached hydrogens (primary N) is 1. The first-order valence-electron chi connectivity index (χ1n) is 3.18. The van der Waals surface area contributed by atoms with Gasteiger partial charge in [-0.2, -0.15) is 0 Å². The van der Waals surface area contributed by atoms with Crippen molar-refractivity contribution in [2.75, 3.05) is 0 Å². The molecule has 0 aliphatic carbocycles. The van der Waals surface area contributed by atoms with Crippen LogP contribution in [-0.2, 0) is 0 Å². The van der Waals surface area contributed by atoms with Gasteiger partial charge in [0.05, 0.1) is 0 Å². The molecule has 0 aliphatic rings. The van der Waals surface area contributed by atoms with Crippen LogP contribution in [0.3, 0.4) is 0 Å². The van der Waals surface area contributed by atoms with E-state index in [0.717, 1.165) is 0 Å². The standard InChI is InChI=1S/C6H9N3OS/c1-3(7)4-2-8-6(11)9-5(4)10/h2-3H,7H2,1H3,(H2,8,9,10,11). The number of aromatic amines is 2. The SMILES string of the molecule is CC(N)c1c[nH]c(=S)[nH]c1=O. The molecular formula is C6H9N3OS. The van der Waals surface area contributed by atoms with Gasteiger partial charge in [0, 0.05) is 17.8 Å². The Kier molecular flexibility index (Phi) is 2.21. The molecule has 0 saturated carbocycles. The third-order valence-electron chi connectivity index (χ3n) is 1.34. The summed E-state index contributed by atoms with van der Waals surface area (Å²) in [4.78, 5) is 16.2. The van der Waals surface area contributed by atoms with Gasteiger partial charge in [0.2, 0.25) is 0 Å². The first-order chi connectivity index (χ1) is 5.11. The Hall–Kier alpha value is -0.940. The molecule has 0 aliphatic heterocycles. The molecule has 1 rings (SSSR count). The van der Waals surface area contributed by atoms with Crippen molar-refractivity contribution in [2.45, 2.75) is 13.0 Å². The van der Waals surface area contributed by atoms with Gasteiger partial charge in [0.25, 0.3) is 5.56 Å². The molecule has 11 heavy (non-hydrogen) atoms. The van der Waals surface area contributed by atoms with Crippen LogP contribution in [0.2, 0.25) is 0 Å². The molecule has 0 radical (unpaired) electrons. The van der Waals surface area contributed by atoms with E-state index in [9.17, 15) is 4.79 Å². The number of nitrogens with one attached hydrogen (secondary N) is 2. The highest BCUT2D eigenvalue weighted by atomic mass is 32.1. The van der Waals surface area contributed by atoms with Crippen LogP contribution in [0.1, 0.15) is 18.5 Å². The molecule has 0 amide bonds. The lowest BCUT2D eigenvalue weighted by atomic mass is 10.2. The molecule has 0 spiro atoms. The van der Waals surface area contributed by atoms with Crippen LogP contribution in [0, 0.1) is 4.77 Å². The minimum Gasteiger partial charge on any atom is -0.338 e. The van der Waals surface area contributed by atoms with Crippen molar-refractivity contribution in [1.29, 1.82) is 0 Å². The lowest BCUT2D eigenvalue weighted by molar-refractivity contribution is 0.787. The fraction of sp³-hybridized carbons (Fsp3) is 0.333. The first-order valence-corrected chi connectivity index (χ1v) is 3.59. The van der Waals surface area contributed by atoms with Crippen LogP contribution in [0.5, 0.6) is 0 Å². The lowest BCUT2D eigenvalue weighted by Gasteiger charge is -2.01. The minimum atomic E-state index is -0.273. The predicted molar refractivity (Wildman–Crippen MR) is 44.8 cm³/mol. The average Bonchev–Trinajstić information content (AvgIpc) is 1.85. The lowest BCUT2D eigenvalue weighted by Crippen LogP contribution is -2.20. The molecule has 1 aromatic rings. The monoisotopic (exact) mass is 171 g/mol. The Bertz CT molecular complexity index is 351. The molecular weight excluding hydrogens is 162 g/mol. The molecule has 0 bridgehead atoms. The topological polar surface area (TPSA) is 74.7 Å². The van der Waals surface area contributed by atoms with E-state index in [0.29, 0.717) is 10.3 Å². The summed E-state index contributed by atoms with van der Waals surface area (Å²) in [5.74, 6) is 0. The Morgan fingerprint density at radius 3 is 2.82 bits per heavy atom. The summed E-state index contributed by atoms with van der Waals surface area (Å²) < 4.78 is 0.319. The van der Waals surface area contributed by atoms with Crippen molar-refractivity contribution in [3.63, 3.8) is 0 Å². The molecule has 5 heteroatoms. The van der Waals surface area contributed by atoms with Crippen molar-refractivity contribution < 1.29 is 0 Å². The van der Waals surface area contributed by atoms with E-state index in [-0.39, 0.29) is 11.6 Å².